The van der Waals surface area contributed by atoms with Gasteiger partial charge in [-0.1, -0.05) is 13.8 Å². The summed E-state index contributed by atoms with van der Waals surface area (Å²) in [7, 11) is 2.15. The molecule has 1 aromatic heterocycles. The summed E-state index contributed by atoms with van der Waals surface area (Å²) in [6.45, 7) is 9.45. The summed E-state index contributed by atoms with van der Waals surface area (Å²) in [4.78, 5) is 11.6. The predicted molar refractivity (Wildman–Crippen MR) is 69.1 cm³/mol. The molecule has 4 heteroatoms. The average molecular weight is 234 g/mol. The molecule has 0 amide bonds. The highest BCUT2D eigenvalue weighted by Crippen LogP contribution is 2.20. The van der Waals surface area contributed by atoms with E-state index >= 15 is 0 Å². The Kier molecular flexibility index (Phi) is 3.74. The molecule has 0 radical (unpaired) electrons. The normalized spacial score (nSPS) is 22.1. The first-order valence-corrected chi connectivity index (χ1v) is 6.34. The van der Waals surface area contributed by atoms with Gasteiger partial charge in [-0.25, -0.2) is 9.97 Å². The van der Waals surface area contributed by atoms with E-state index in [-0.39, 0.29) is 0 Å². The molecule has 1 atom stereocenters. The fourth-order valence-electron chi connectivity index (χ4n) is 2.16. The van der Waals surface area contributed by atoms with Gasteiger partial charge in [0, 0.05) is 31.0 Å². The molecule has 1 N–H and O–H groups in total. The van der Waals surface area contributed by atoms with Crippen molar-refractivity contribution in [1.29, 1.82) is 0 Å². The van der Waals surface area contributed by atoms with Crippen molar-refractivity contribution in [2.24, 2.45) is 0 Å². The number of piperazine rings is 1. The summed E-state index contributed by atoms with van der Waals surface area (Å²) in [6, 6.07) is 2.39. The lowest BCUT2D eigenvalue weighted by molar-refractivity contribution is 0.193. The molecule has 4 nitrogen and oxygen atoms in total. The predicted octanol–water partition coefficient (Wildman–Crippen LogP) is 1.48. The van der Waals surface area contributed by atoms with Crippen molar-refractivity contribution in [3.63, 3.8) is 0 Å². The summed E-state index contributed by atoms with van der Waals surface area (Å²) in [5, 5.41) is 3.41. The summed E-state index contributed by atoms with van der Waals surface area (Å²) in [5.74, 6) is 1.42. The zero-order valence-corrected chi connectivity index (χ0v) is 11.2. The summed E-state index contributed by atoms with van der Waals surface area (Å²) >= 11 is 0. The largest absolute Gasteiger partial charge is 0.313 e. The van der Waals surface area contributed by atoms with Gasteiger partial charge in [0.2, 0.25) is 0 Å². The molecule has 0 aromatic carbocycles. The minimum atomic E-state index is 0.307. The zero-order valence-electron chi connectivity index (χ0n) is 11.2. The topological polar surface area (TPSA) is 41.1 Å². The molecule has 2 heterocycles. The van der Waals surface area contributed by atoms with Crippen molar-refractivity contribution in [1.82, 2.24) is 20.2 Å². The Hall–Kier alpha value is -1.00. The Bertz CT molecular complexity index is 389. The molecule has 17 heavy (non-hydrogen) atoms. The number of likely N-dealkylation sites (N-methyl/N-ethyl adjacent to an activating group) is 1. The maximum absolute atomic E-state index is 4.71. The first-order valence-electron chi connectivity index (χ1n) is 6.34. The molecule has 1 aliphatic heterocycles. The van der Waals surface area contributed by atoms with Crippen LogP contribution in [-0.4, -0.2) is 41.5 Å². The Morgan fingerprint density at radius 2 is 2.18 bits per heavy atom. The third-order valence-corrected chi connectivity index (χ3v) is 3.29. The summed E-state index contributed by atoms with van der Waals surface area (Å²) < 4.78 is 0. The van der Waals surface area contributed by atoms with Crippen molar-refractivity contribution < 1.29 is 0 Å². The Balaban J connectivity index is 2.30. The molecule has 0 spiro atoms. The second-order valence-electron chi connectivity index (χ2n) is 5.15. The van der Waals surface area contributed by atoms with Crippen molar-refractivity contribution in [2.45, 2.75) is 32.7 Å². The third-order valence-electron chi connectivity index (χ3n) is 3.29. The van der Waals surface area contributed by atoms with Gasteiger partial charge in [0.25, 0.3) is 0 Å². The van der Waals surface area contributed by atoms with Crippen LogP contribution in [0, 0.1) is 6.92 Å². The number of hydrogen-bond acceptors (Lipinski definition) is 4. The van der Waals surface area contributed by atoms with Gasteiger partial charge >= 0.3 is 0 Å². The van der Waals surface area contributed by atoms with E-state index in [0.29, 0.717) is 12.0 Å². The van der Waals surface area contributed by atoms with Crippen molar-refractivity contribution in [3.05, 3.63) is 23.3 Å². The molecule has 1 fully saturated rings. The fourth-order valence-corrected chi connectivity index (χ4v) is 2.16. The molecule has 94 valence electrons. The van der Waals surface area contributed by atoms with Gasteiger partial charge in [-0.2, -0.15) is 0 Å². The Morgan fingerprint density at radius 1 is 1.41 bits per heavy atom. The molecular weight excluding hydrogens is 212 g/mol. The number of aryl methyl sites for hydroxylation is 1. The maximum Gasteiger partial charge on any atom is 0.147 e. The van der Waals surface area contributed by atoms with Crippen LogP contribution in [0.15, 0.2) is 6.07 Å². The summed E-state index contributed by atoms with van der Waals surface area (Å²) in [5.41, 5.74) is 2.21. The highest BCUT2D eigenvalue weighted by Gasteiger charge is 2.23. The zero-order chi connectivity index (χ0) is 12.4. The quantitative estimate of drug-likeness (QED) is 0.841. The van der Waals surface area contributed by atoms with Crippen LogP contribution in [0.2, 0.25) is 0 Å². The molecule has 0 saturated carbocycles. The van der Waals surface area contributed by atoms with Gasteiger partial charge in [-0.15, -0.1) is 0 Å². The molecule has 0 bridgehead atoms. The first-order chi connectivity index (χ1) is 8.08. The van der Waals surface area contributed by atoms with E-state index < -0.39 is 0 Å². The van der Waals surface area contributed by atoms with Crippen LogP contribution in [0.1, 0.15) is 43.0 Å². The van der Waals surface area contributed by atoms with E-state index in [9.17, 15) is 0 Å². The van der Waals surface area contributed by atoms with Gasteiger partial charge in [0.15, 0.2) is 0 Å². The standard InChI is InChI=1S/C13H22N4/c1-9(2)11-7-10(3)15-13(16-11)12-8-14-5-6-17(12)4/h7,9,12,14H,5-6,8H2,1-4H3. The average Bonchev–Trinajstić information content (AvgIpc) is 2.28. The SMILES string of the molecule is Cc1cc(C(C)C)nc(C2CNCCN2C)n1. The second-order valence-corrected chi connectivity index (χ2v) is 5.15. The van der Waals surface area contributed by atoms with Crippen LogP contribution in [0.4, 0.5) is 0 Å². The molecule has 2 rings (SSSR count). The Morgan fingerprint density at radius 3 is 2.82 bits per heavy atom. The summed E-state index contributed by atoms with van der Waals surface area (Å²) in [6.07, 6.45) is 0. The van der Waals surface area contributed by atoms with Crippen LogP contribution in [0.25, 0.3) is 0 Å². The number of nitrogens with zero attached hydrogens (tertiary/aromatic N) is 3. The monoisotopic (exact) mass is 234 g/mol. The molecule has 0 aliphatic carbocycles. The van der Waals surface area contributed by atoms with E-state index in [2.05, 4.69) is 42.2 Å². The van der Waals surface area contributed by atoms with E-state index in [1.807, 2.05) is 6.92 Å². The smallest absolute Gasteiger partial charge is 0.147 e. The van der Waals surface area contributed by atoms with Gasteiger partial charge in [-0.05, 0) is 26.0 Å². The molecular formula is C13H22N4. The minimum Gasteiger partial charge on any atom is -0.313 e. The lowest BCUT2D eigenvalue weighted by Crippen LogP contribution is -2.44. The lowest BCUT2D eigenvalue weighted by atomic mass is 10.1. The molecule has 1 aromatic rings. The van der Waals surface area contributed by atoms with Gasteiger partial charge in [0.05, 0.1) is 6.04 Å². The number of rotatable bonds is 2. The number of aromatic nitrogens is 2. The maximum atomic E-state index is 4.71. The first kappa shape index (κ1) is 12.5. The van der Waals surface area contributed by atoms with Crippen molar-refractivity contribution >= 4 is 0 Å². The van der Waals surface area contributed by atoms with Crippen LogP contribution in [0.3, 0.4) is 0 Å². The highest BCUT2D eigenvalue weighted by molar-refractivity contribution is 5.15. The van der Waals surface area contributed by atoms with Crippen LogP contribution in [0.5, 0.6) is 0 Å². The van der Waals surface area contributed by atoms with Crippen molar-refractivity contribution in [3.8, 4) is 0 Å². The van der Waals surface area contributed by atoms with Crippen LogP contribution >= 0.6 is 0 Å². The minimum absolute atomic E-state index is 0.307. The third kappa shape index (κ3) is 2.82. The number of hydrogen-bond donors (Lipinski definition) is 1. The Labute approximate surface area is 103 Å². The lowest BCUT2D eigenvalue weighted by Gasteiger charge is -2.32. The van der Waals surface area contributed by atoms with E-state index in [1.54, 1.807) is 0 Å². The van der Waals surface area contributed by atoms with E-state index in [4.69, 9.17) is 4.98 Å². The van der Waals surface area contributed by atoms with Gasteiger partial charge < -0.3 is 5.32 Å². The second kappa shape index (κ2) is 5.10. The molecule has 1 saturated heterocycles. The highest BCUT2D eigenvalue weighted by atomic mass is 15.2. The van der Waals surface area contributed by atoms with Gasteiger partial charge in [0.1, 0.15) is 5.82 Å². The fraction of sp³-hybridized carbons (Fsp3) is 0.692. The molecule has 1 unspecified atom stereocenters. The van der Waals surface area contributed by atoms with Gasteiger partial charge in [-0.3, -0.25) is 4.90 Å². The van der Waals surface area contributed by atoms with Crippen LogP contribution < -0.4 is 5.32 Å². The molecule has 1 aliphatic rings. The number of nitrogens with one attached hydrogen (secondary N) is 1. The van der Waals surface area contributed by atoms with E-state index in [0.717, 1.165) is 36.8 Å². The van der Waals surface area contributed by atoms with Crippen LogP contribution in [-0.2, 0) is 0 Å². The van der Waals surface area contributed by atoms with E-state index in [1.165, 1.54) is 0 Å². The van der Waals surface area contributed by atoms with Crippen molar-refractivity contribution in [2.75, 3.05) is 26.7 Å².